The number of methoxy groups -OCH3 is 1. The van der Waals surface area contributed by atoms with Gasteiger partial charge in [0, 0.05) is 5.56 Å². The van der Waals surface area contributed by atoms with Crippen LogP contribution in [0.1, 0.15) is 5.56 Å². The average molecular weight is 305 g/mol. The van der Waals surface area contributed by atoms with Crippen molar-refractivity contribution in [2.45, 2.75) is 6.54 Å². The van der Waals surface area contributed by atoms with Gasteiger partial charge in [0.05, 0.1) is 13.7 Å². The lowest BCUT2D eigenvalue weighted by molar-refractivity contribution is -0.120. The zero-order valence-electron chi connectivity index (χ0n) is 11.8. The fourth-order valence-electron chi connectivity index (χ4n) is 2.43. The van der Waals surface area contributed by atoms with Crippen molar-refractivity contribution >= 4 is 11.6 Å². The number of hydrogen-bond donors (Lipinski definition) is 0. The molecule has 0 saturated heterocycles. The molecule has 0 aromatic heterocycles. The Morgan fingerprint density at radius 2 is 1.82 bits per heavy atom. The van der Waals surface area contributed by atoms with Crippen LogP contribution in [0, 0.1) is 11.6 Å². The van der Waals surface area contributed by atoms with Gasteiger partial charge in [0.15, 0.2) is 18.1 Å². The molecule has 0 N–H and O–H groups in total. The van der Waals surface area contributed by atoms with Gasteiger partial charge < -0.3 is 9.47 Å². The highest BCUT2D eigenvalue weighted by Gasteiger charge is 2.28. The summed E-state index contributed by atoms with van der Waals surface area (Å²) in [5.41, 5.74) is 0.250. The predicted molar refractivity (Wildman–Crippen MR) is 76.0 cm³/mol. The summed E-state index contributed by atoms with van der Waals surface area (Å²) in [6.45, 7) is -0.315. The molecule has 4 nitrogen and oxygen atoms in total. The first kappa shape index (κ1) is 14.3. The molecule has 2 aromatic rings. The number of ether oxygens (including phenoxy) is 2. The van der Waals surface area contributed by atoms with Crippen molar-refractivity contribution in [2.75, 3.05) is 18.6 Å². The summed E-state index contributed by atoms with van der Waals surface area (Å²) >= 11 is 0. The second-order valence-corrected chi connectivity index (χ2v) is 4.79. The largest absolute Gasteiger partial charge is 0.493 e. The van der Waals surface area contributed by atoms with E-state index in [9.17, 15) is 13.6 Å². The second-order valence-electron chi connectivity index (χ2n) is 4.79. The number of fused-ring (bicyclic) bond motifs is 1. The molecule has 2 aromatic carbocycles. The fraction of sp³-hybridized carbons (Fsp3) is 0.188. The Balaban J connectivity index is 2.08. The Morgan fingerprint density at radius 3 is 2.50 bits per heavy atom. The molecule has 0 fully saturated rings. The quantitative estimate of drug-likeness (QED) is 0.856. The average Bonchev–Trinajstić information content (AvgIpc) is 2.67. The molecular weight excluding hydrogens is 292 g/mol. The van der Waals surface area contributed by atoms with Crippen molar-refractivity contribution in [3.8, 4) is 11.5 Å². The van der Waals surface area contributed by atoms with E-state index in [2.05, 4.69) is 0 Å². The van der Waals surface area contributed by atoms with E-state index in [1.807, 2.05) is 0 Å². The van der Waals surface area contributed by atoms with E-state index in [4.69, 9.17) is 9.47 Å². The Hall–Kier alpha value is -2.63. The number of carbonyl (C=O) groups is 1. The molecule has 0 spiro atoms. The number of nitrogens with zero attached hydrogens (tertiary/aromatic N) is 1. The number of anilines is 1. The Morgan fingerprint density at radius 1 is 1.14 bits per heavy atom. The van der Waals surface area contributed by atoms with E-state index in [1.165, 1.54) is 13.2 Å². The van der Waals surface area contributed by atoms with Gasteiger partial charge in [-0.25, -0.2) is 8.78 Å². The van der Waals surface area contributed by atoms with Crippen LogP contribution in [-0.2, 0) is 11.3 Å². The van der Waals surface area contributed by atoms with Crippen LogP contribution in [0.25, 0.3) is 0 Å². The summed E-state index contributed by atoms with van der Waals surface area (Å²) in [7, 11) is 1.49. The first-order chi connectivity index (χ1) is 10.6. The second kappa shape index (κ2) is 5.63. The van der Waals surface area contributed by atoms with E-state index in [-0.39, 0.29) is 18.8 Å². The number of hydrogen-bond acceptors (Lipinski definition) is 3. The molecule has 22 heavy (non-hydrogen) atoms. The lowest BCUT2D eigenvalue weighted by Crippen LogP contribution is -2.33. The minimum Gasteiger partial charge on any atom is -0.493 e. The standard InChI is InChI=1S/C16H13F2NO3/c1-21-13-7-2-4-10-8-19(14(20)9-22-16(10)13)15-11(17)5-3-6-12(15)18/h2-7H,8-9H2,1H3. The van der Waals surface area contributed by atoms with E-state index >= 15 is 0 Å². The molecule has 1 aliphatic heterocycles. The van der Waals surface area contributed by atoms with Crippen LogP contribution in [0.5, 0.6) is 11.5 Å². The number of halogens is 2. The summed E-state index contributed by atoms with van der Waals surface area (Å²) in [6, 6.07) is 8.63. The van der Waals surface area contributed by atoms with Crippen LogP contribution in [0.3, 0.4) is 0 Å². The van der Waals surface area contributed by atoms with Crippen LogP contribution >= 0.6 is 0 Å². The summed E-state index contributed by atoms with van der Waals surface area (Å²) in [5.74, 6) is -1.22. The maximum absolute atomic E-state index is 14.0. The molecule has 3 rings (SSSR count). The minimum absolute atomic E-state index is 0.00319. The van der Waals surface area contributed by atoms with Crippen LogP contribution in [0.4, 0.5) is 14.5 Å². The lowest BCUT2D eigenvalue weighted by Gasteiger charge is -2.21. The number of rotatable bonds is 2. The zero-order chi connectivity index (χ0) is 15.7. The van der Waals surface area contributed by atoms with E-state index in [1.54, 1.807) is 18.2 Å². The van der Waals surface area contributed by atoms with Gasteiger partial charge in [-0.1, -0.05) is 18.2 Å². The van der Waals surface area contributed by atoms with E-state index < -0.39 is 17.5 Å². The van der Waals surface area contributed by atoms with Crippen molar-refractivity contribution in [2.24, 2.45) is 0 Å². The van der Waals surface area contributed by atoms with Gasteiger partial charge in [0.1, 0.15) is 17.3 Å². The zero-order valence-corrected chi connectivity index (χ0v) is 11.8. The number of para-hydroxylation sites is 2. The van der Waals surface area contributed by atoms with Gasteiger partial charge in [-0.2, -0.15) is 0 Å². The Kier molecular flexibility index (Phi) is 3.66. The van der Waals surface area contributed by atoms with Gasteiger partial charge in [-0.15, -0.1) is 0 Å². The van der Waals surface area contributed by atoms with Crippen LogP contribution in [-0.4, -0.2) is 19.6 Å². The van der Waals surface area contributed by atoms with Gasteiger partial charge in [0.25, 0.3) is 5.91 Å². The molecular formula is C16H13F2NO3. The van der Waals surface area contributed by atoms with Crippen molar-refractivity contribution < 1.29 is 23.0 Å². The first-order valence-corrected chi connectivity index (χ1v) is 6.65. The third-order valence-electron chi connectivity index (χ3n) is 3.46. The third kappa shape index (κ3) is 2.36. The highest BCUT2D eigenvalue weighted by molar-refractivity contribution is 5.95. The van der Waals surface area contributed by atoms with Crippen molar-refractivity contribution in [3.63, 3.8) is 0 Å². The molecule has 1 amide bonds. The lowest BCUT2D eigenvalue weighted by atomic mass is 10.1. The SMILES string of the molecule is COc1cccc2c1OCC(=O)N(c1c(F)cccc1F)C2. The normalized spacial score (nSPS) is 14.1. The van der Waals surface area contributed by atoms with Gasteiger partial charge >= 0.3 is 0 Å². The molecule has 0 atom stereocenters. The number of amides is 1. The van der Waals surface area contributed by atoms with E-state index in [0.29, 0.717) is 17.1 Å². The maximum Gasteiger partial charge on any atom is 0.265 e. The fourth-order valence-corrected chi connectivity index (χ4v) is 2.43. The molecule has 0 aliphatic carbocycles. The molecule has 0 radical (unpaired) electrons. The molecule has 0 unspecified atom stereocenters. The first-order valence-electron chi connectivity index (χ1n) is 6.65. The topological polar surface area (TPSA) is 38.8 Å². The summed E-state index contributed by atoms with van der Waals surface area (Å²) in [5, 5.41) is 0. The Bertz CT molecular complexity index is 713. The van der Waals surface area contributed by atoms with Crippen LogP contribution in [0.2, 0.25) is 0 Å². The van der Waals surface area contributed by atoms with E-state index in [0.717, 1.165) is 17.0 Å². The number of carbonyl (C=O) groups excluding carboxylic acids is 1. The third-order valence-corrected chi connectivity index (χ3v) is 3.46. The van der Waals surface area contributed by atoms with Crippen molar-refractivity contribution in [3.05, 3.63) is 53.6 Å². The molecule has 0 bridgehead atoms. The van der Waals surface area contributed by atoms with Gasteiger partial charge in [-0.05, 0) is 18.2 Å². The maximum atomic E-state index is 14.0. The van der Waals surface area contributed by atoms with Crippen molar-refractivity contribution in [1.82, 2.24) is 0 Å². The van der Waals surface area contributed by atoms with Crippen LogP contribution in [0.15, 0.2) is 36.4 Å². The summed E-state index contributed by atoms with van der Waals surface area (Å²) < 4.78 is 38.6. The number of benzene rings is 2. The molecule has 114 valence electrons. The molecule has 1 aliphatic rings. The van der Waals surface area contributed by atoms with Crippen LogP contribution < -0.4 is 14.4 Å². The monoisotopic (exact) mass is 305 g/mol. The molecule has 0 saturated carbocycles. The highest BCUT2D eigenvalue weighted by atomic mass is 19.1. The van der Waals surface area contributed by atoms with Gasteiger partial charge in [0.2, 0.25) is 0 Å². The Labute approximate surface area is 125 Å². The predicted octanol–water partition coefficient (Wildman–Crippen LogP) is 2.90. The minimum atomic E-state index is -0.792. The molecule has 1 heterocycles. The highest BCUT2D eigenvalue weighted by Crippen LogP contribution is 2.35. The van der Waals surface area contributed by atoms with Crippen molar-refractivity contribution in [1.29, 1.82) is 0 Å². The summed E-state index contributed by atoms with van der Waals surface area (Å²) in [4.78, 5) is 13.3. The smallest absolute Gasteiger partial charge is 0.265 e. The summed E-state index contributed by atoms with van der Waals surface area (Å²) in [6.07, 6.45) is 0. The van der Waals surface area contributed by atoms with Gasteiger partial charge in [-0.3, -0.25) is 9.69 Å². The molecule has 6 heteroatoms.